The Morgan fingerprint density at radius 2 is 1.86 bits per heavy atom. The van der Waals surface area contributed by atoms with Gasteiger partial charge in [-0.2, -0.15) is 0 Å². The van der Waals surface area contributed by atoms with E-state index in [2.05, 4.69) is 0 Å². The fraction of sp³-hybridized carbons (Fsp3) is 0.118. The second kappa shape index (κ2) is 5.32. The molecule has 0 aliphatic heterocycles. The van der Waals surface area contributed by atoms with E-state index in [0.717, 1.165) is 22.3 Å². The molecule has 0 atom stereocenters. The van der Waals surface area contributed by atoms with Gasteiger partial charge >= 0.3 is 5.97 Å². The Bertz CT molecular complexity index is 784. The van der Waals surface area contributed by atoms with Crippen LogP contribution in [0.3, 0.4) is 0 Å². The van der Waals surface area contributed by atoms with E-state index < -0.39 is 5.97 Å². The summed E-state index contributed by atoms with van der Waals surface area (Å²) >= 11 is 0. The Kier molecular flexibility index (Phi) is 3.36. The Morgan fingerprint density at radius 3 is 2.52 bits per heavy atom. The minimum Gasteiger partial charge on any atom is -0.497 e. The number of aliphatic carboxylic acids is 1. The zero-order valence-corrected chi connectivity index (χ0v) is 11.5. The number of ether oxygens (including phenoxy) is 1. The maximum absolute atomic E-state index is 10.8. The number of carbonyl (C=O) groups is 1. The second-order valence-electron chi connectivity index (χ2n) is 4.77. The first kappa shape index (κ1) is 13.2. The van der Waals surface area contributed by atoms with E-state index in [4.69, 9.17) is 14.3 Å². The molecule has 0 aliphatic rings. The summed E-state index contributed by atoms with van der Waals surface area (Å²) in [5.41, 5.74) is 3.45. The Morgan fingerprint density at radius 1 is 1.14 bits per heavy atom. The van der Waals surface area contributed by atoms with Crippen molar-refractivity contribution < 1.29 is 19.1 Å². The van der Waals surface area contributed by atoms with Crippen molar-refractivity contribution in [2.24, 2.45) is 0 Å². The van der Waals surface area contributed by atoms with E-state index in [0.29, 0.717) is 11.1 Å². The van der Waals surface area contributed by atoms with Gasteiger partial charge in [0.25, 0.3) is 0 Å². The molecule has 1 aromatic heterocycles. The van der Waals surface area contributed by atoms with Crippen LogP contribution in [0.4, 0.5) is 0 Å². The number of fused-ring (bicyclic) bond motifs is 1. The molecule has 0 bridgehead atoms. The average molecular weight is 282 g/mol. The van der Waals surface area contributed by atoms with Crippen LogP contribution in [-0.2, 0) is 11.2 Å². The summed E-state index contributed by atoms with van der Waals surface area (Å²) in [6.45, 7) is 0. The van der Waals surface area contributed by atoms with Crippen molar-refractivity contribution in [1.29, 1.82) is 0 Å². The number of rotatable bonds is 4. The molecule has 3 rings (SSSR count). The number of methoxy groups -OCH3 is 1. The molecular weight excluding hydrogens is 268 g/mol. The lowest BCUT2D eigenvalue weighted by Gasteiger charge is -2.04. The third kappa shape index (κ3) is 2.60. The second-order valence-corrected chi connectivity index (χ2v) is 4.77. The van der Waals surface area contributed by atoms with Crippen LogP contribution in [0.25, 0.3) is 22.1 Å². The number of carboxylic acid groups (broad SMARTS) is 1. The molecule has 0 saturated carbocycles. The van der Waals surface area contributed by atoms with Gasteiger partial charge in [0.05, 0.1) is 19.8 Å². The molecule has 0 spiro atoms. The summed E-state index contributed by atoms with van der Waals surface area (Å²) < 4.78 is 10.6. The van der Waals surface area contributed by atoms with Crippen molar-refractivity contribution in [2.45, 2.75) is 6.42 Å². The van der Waals surface area contributed by atoms with E-state index in [1.807, 2.05) is 42.5 Å². The van der Waals surface area contributed by atoms with Crippen LogP contribution in [0.15, 0.2) is 53.1 Å². The van der Waals surface area contributed by atoms with Gasteiger partial charge in [0.2, 0.25) is 0 Å². The Balaban J connectivity index is 1.99. The van der Waals surface area contributed by atoms with Crippen molar-refractivity contribution in [3.63, 3.8) is 0 Å². The third-order valence-corrected chi connectivity index (χ3v) is 3.42. The molecule has 21 heavy (non-hydrogen) atoms. The van der Waals surface area contributed by atoms with Crippen molar-refractivity contribution in [1.82, 2.24) is 0 Å². The highest BCUT2D eigenvalue weighted by molar-refractivity contribution is 5.88. The quantitative estimate of drug-likeness (QED) is 0.792. The topological polar surface area (TPSA) is 59.7 Å². The van der Waals surface area contributed by atoms with Crippen molar-refractivity contribution in [2.75, 3.05) is 7.11 Å². The molecule has 0 saturated heterocycles. The average Bonchev–Trinajstić information content (AvgIpc) is 2.89. The highest BCUT2D eigenvalue weighted by atomic mass is 16.5. The monoisotopic (exact) mass is 282 g/mol. The van der Waals surface area contributed by atoms with Gasteiger partial charge in [0, 0.05) is 10.9 Å². The van der Waals surface area contributed by atoms with Gasteiger partial charge in [-0.3, -0.25) is 4.79 Å². The van der Waals surface area contributed by atoms with Gasteiger partial charge in [-0.25, -0.2) is 0 Å². The molecular formula is C17H14O4. The van der Waals surface area contributed by atoms with Gasteiger partial charge in [-0.1, -0.05) is 24.3 Å². The third-order valence-electron chi connectivity index (χ3n) is 3.42. The molecule has 1 heterocycles. The molecule has 0 fully saturated rings. The summed E-state index contributed by atoms with van der Waals surface area (Å²) in [5.74, 6) is -0.0569. The van der Waals surface area contributed by atoms with Crippen LogP contribution in [0.5, 0.6) is 5.75 Å². The summed E-state index contributed by atoms with van der Waals surface area (Å²) in [6, 6.07) is 13.5. The fourth-order valence-corrected chi connectivity index (χ4v) is 2.35. The highest BCUT2D eigenvalue weighted by Gasteiger charge is 2.10. The minimum atomic E-state index is -0.864. The minimum absolute atomic E-state index is 0.0329. The van der Waals surface area contributed by atoms with Crippen LogP contribution in [0.2, 0.25) is 0 Å². The molecule has 0 unspecified atom stereocenters. The van der Waals surface area contributed by atoms with Crippen LogP contribution in [0.1, 0.15) is 5.56 Å². The van der Waals surface area contributed by atoms with E-state index >= 15 is 0 Å². The largest absolute Gasteiger partial charge is 0.497 e. The van der Waals surface area contributed by atoms with Gasteiger partial charge in [0.1, 0.15) is 11.3 Å². The maximum Gasteiger partial charge on any atom is 0.307 e. The molecule has 4 heteroatoms. The van der Waals surface area contributed by atoms with Crippen LogP contribution < -0.4 is 4.74 Å². The first-order chi connectivity index (χ1) is 10.2. The zero-order valence-electron chi connectivity index (χ0n) is 11.5. The predicted molar refractivity (Wildman–Crippen MR) is 79.5 cm³/mol. The number of furan rings is 1. The smallest absolute Gasteiger partial charge is 0.307 e. The maximum atomic E-state index is 10.8. The van der Waals surface area contributed by atoms with Crippen molar-refractivity contribution in [3.8, 4) is 16.9 Å². The Hall–Kier alpha value is -2.75. The van der Waals surface area contributed by atoms with Crippen LogP contribution in [-0.4, -0.2) is 18.2 Å². The predicted octanol–water partition coefficient (Wildman–Crippen LogP) is 3.74. The molecule has 4 nitrogen and oxygen atoms in total. The number of benzene rings is 2. The van der Waals surface area contributed by atoms with Gasteiger partial charge in [0.15, 0.2) is 0 Å². The number of hydrogen-bond acceptors (Lipinski definition) is 3. The summed E-state index contributed by atoms with van der Waals surface area (Å²) in [5, 5.41) is 9.72. The molecule has 0 amide bonds. The first-order valence-corrected chi connectivity index (χ1v) is 6.54. The molecule has 1 N–H and O–H groups in total. The summed E-state index contributed by atoms with van der Waals surface area (Å²) in [7, 11) is 1.63. The standard InChI is InChI=1S/C17H14O4/c1-20-14-5-2-11(3-6-14)12-4-7-15-13(9-17(18)19)10-21-16(15)8-12/h2-8,10H,9H2,1H3,(H,18,19). The molecule has 3 aromatic rings. The zero-order chi connectivity index (χ0) is 14.8. The fourth-order valence-electron chi connectivity index (χ4n) is 2.35. The Labute approximate surface area is 121 Å². The number of hydrogen-bond donors (Lipinski definition) is 1. The van der Waals surface area contributed by atoms with Crippen molar-refractivity contribution >= 4 is 16.9 Å². The normalized spacial score (nSPS) is 10.7. The summed E-state index contributed by atoms with van der Waals surface area (Å²) in [4.78, 5) is 10.8. The summed E-state index contributed by atoms with van der Waals surface area (Å²) in [6.07, 6.45) is 1.48. The van der Waals surface area contributed by atoms with Crippen LogP contribution >= 0.6 is 0 Å². The van der Waals surface area contributed by atoms with E-state index in [-0.39, 0.29) is 6.42 Å². The molecule has 2 aromatic carbocycles. The first-order valence-electron chi connectivity index (χ1n) is 6.54. The van der Waals surface area contributed by atoms with Gasteiger partial charge in [-0.05, 0) is 29.3 Å². The van der Waals surface area contributed by atoms with E-state index in [1.165, 1.54) is 6.26 Å². The molecule has 106 valence electrons. The van der Waals surface area contributed by atoms with Crippen molar-refractivity contribution in [3.05, 3.63) is 54.3 Å². The lowest BCUT2D eigenvalue weighted by molar-refractivity contribution is -0.136. The highest BCUT2D eigenvalue weighted by Crippen LogP contribution is 2.29. The molecule has 0 radical (unpaired) electrons. The lowest BCUT2D eigenvalue weighted by atomic mass is 10.0. The van der Waals surface area contributed by atoms with Gasteiger partial charge < -0.3 is 14.3 Å². The SMILES string of the molecule is COc1ccc(-c2ccc3c(CC(=O)O)coc3c2)cc1. The number of carboxylic acids is 1. The molecule has 0 aliphatic carbocycles. The lowest BCUT2D eigenvalue weighted by Crippen LogP contribution is -1.98. The van der Waals surface area contributed by atoms with Crippen LogP contribution in [0, 0.1) is 0 Å². The van der Waals surface area contributed by atoms with Gasteiger partial charge in [-0.15, -0.1) is 0 Å². The van der Waals surface area contributed by atoms with E-state index in [9.17, 15) is 4.79 Å². The van der Waals surface area contributed by atoms with E-state index in [1.54, 1.807) is 7.11 Å².